The highest BCUT2D eigenvalue weighted by atomic mass is 35.5. The third-order valence-electron chi connectivity index (χ3n) is 2.73. The van der Waals surface area contributed by atoms with Crippen LogP contribution < -0.4 is 11.3 Å². The minimum Gasteiger partial charge on any atom is -0.379 e. The number of thiophene rings is 1. The predicted octanol–water partition coefficient (Wildman–Crippen LogP) is 3.11. The van der Waals surface area contributed by atoms with Gasteiger partial charge in [-0.15, -0.1) is 11.3 Å². The molecule has 5 heteroatoms. The molecule has 0 aliphatic carbocycles. The van der Waals surface area contributed by atoms with Gasteiger partial charge in [-0.2, -0.15) is 0 Å². The summed E-state index contributed by atoms with van der Waals surface area (Å²) in [6, 6.07) is 4.05. The highest BCUT2D eigenvalue weighted by Crippen LogP contribution is 2.30. The summed E-state index contributed by atoms with van der Waals surface area (Å²) < 4.78 is 6.18. The standard InChI is InChI=1S/C11H19ClN2OS/c1-11(2,15-3)7-6-8(14-13)9-4-5-10(12)16-9/h4-5,8,14H,6-7,13H2,1-3H3. The van der Waals surface area contributed by atoms with Crippen molar-refractivity contribution in [3.05, 3.63) is 21.3 Å². The van der Waals surface area contributed by atoms with Crippen LogP contribution in [0.3, 0.4) is 0 Å². The second-order valence-corrected chi connectivity index (χ2v) is 6.11. The molecule has 0 radical (unpaired) electrons. The highest BCUT2D eigenvalue weighted by molar-refractivity contribution is 7.16. The van der Waals surface area contributed by atoms with E-state index in [1.807, 2.05) is 12.1 Å². The van der Waals surface area contributed by atoms with Gasteiger partial charge in [-0.25, -0.2) is 0 Å². The molecule has 1 aromatic rings. The molecular weight excluding hydrogens is 244 g/mol. The van der Waals surface area contributed by atoms with E-state index in [4.69, 9.17) is 22.2 Å². The van der Waals surface area contributed by atoms with Gasteiger partial charge >= 0.3 is 0 Å². The van der Waals surface area contributed by atoms with Crippen LogP contribution >= 0.6 is 22.9 Å². The topological polar surface area (TPSA) is 47.3 Å². The second kappa shape index (κ2) is 5.98. The molecule has 1 rings (SSSR count). The summed E-state index contributed by atoms with van der Waals surface area (Å²) in [6.07, 6.45) is 1.86. The van der Waals surface area contributed by atoms with Gasteiger partial charge in [-0.3, -0.25) is 11.3 Å². The van der Waals surface area contributed by atoms with E-state index < -0.39 is 0 Å². The normalized spacial score (nSPS) is 14.1. The zero-order chi connectivity index (χ0) is 12.2. The summed E-state index contributed by atoms with van der Waals surface area (Å²) in [4.78, 5) is 1.17. The molecule has 16 heavy (non-hydrogen) atoms. The average Bonchev–Trinajstić information content (AvgIpc) is 2.66. The Bertz CT molecular complexity index is 328. The minimum absolute atomic E-state index is 0.115. The molecule has 0 aromatic carbocycles. The largest absolute Gasteiger partial charge is 0.379 e. The Labute approximate surface area is 106 Å². The molecule has 0 amide bonds. The number of hydrogen-bond acceptors (Lipinski definition) is 4. The van der Waals surface area contributed by atoms with E-state index in [1.54, 1.807) is 18.4 Å². The number of methoxy groups -OCH3 is 1. The first-order valence-electron chi connectivity index (χ1n) is 5.25. The van der Waals surface area contributed by atoms with E-state index >= 15 is 0 Å². The van der Waals surface area contributed by atoms with Gasteiger partial charge < -0.3 is 4.74 Å². The first-order valence-corrected chi connectivity index (χ1v) is 6.44. The number of halogens is 1. The van der Waals surface area contributed by atoms with E-state index in [-0.39, 0.29) is 11.6 Å². The smallest absolute Gasteiger partial charge is 0.0931 e. The molecule has 0 aliphatic heterocycles. The predicted molar refractivity (Wildman–Crippen MR) is 69.7 cm³/mol. The fraction of sp³-hybridized carbons (Fsp3) is 0.636. The fourth-order valence-corrected chi connectivity index (χ4v) is 2.57. The van der Waals surface area contributed by atoms with E-state index in [0.29, 0.717) is 0 Å². The zero-order valence-corrected chi connectivity index (χ0v) is 11.5. The van der Waals surface area contributed by atoms with Gasteiger partial charge in [0.25, 0.3) is 0 Å². The summed E-state index contributed by atoms with van der Waals surface area (Å²) in [5.41, 5.74) is 2.71. The number of hydrazine groups is 1. The lowest BCUT2D eigenvalue weighted by Crippen LogP contribution is -2.30. The molecule has 0 spiro atoms. The summed E-state index contributed by atoms with van der Waals surface area (Å²) in [5, 5.41) is 0. The van der Waals surface area contributed by atoms with Gasteiger partial charge in [0, 0.05) is 12.0 Å². The van der Waals surface area contributed by atoms with E-state index in [0.717, 1.165) is 17.2 Å². The van der Waals surface area contributed by atoms with Crippen molar-refractivity contribution >= 4 is 22.9 Å². The summed E-state index contributed by atoms with van der Waals surface area (Å²) in [5.74, 6) is 5.56. The summed E-state index contributed by atoms with van der Waals surface area (Å²) >= 11 is 7.46. The lowest BCUT2D eigenvalue weighted by molar-refractivity contribution is 0.0117. The Balaban J connectivity index is 2.56. The maximum atomic E-state index is 5.90. The van der Waals surface area contributed by atoms with Crippen molar-refractivity contribution in [1.82, 2.24) is 5.43 Å². The van der Waals surface area contributed by atoms with Crippen LogP contribution in [0, 0.1) is 0 Å². The Morgan fingerprint density at radius 2 is 2.25 bits per heavy atom. The molecule has 0 fully saturated rings. The Kier molecular flexibility index (Phi) is 5.21. The molecule has 0 saturated heterocycles. The number of nitrogens with one attached hydrogen (secondary N) is 1. The molecule has 3 nitrogen and oxygen atoms in total. The molecular formula is C11H19ClN2OS. The molecule has 0 bridgehead atoms. The molecule has 1 unspecified atom stereocenters. The van der Waals surface area contributed by atoms with Crippen LogP contribution in [0.2, 0.25) is 4.34 Å². The van der Waals surface area contributed by atoms with E-state index in [2.05, 4.69) is 19.3 Å². The van der Waals surface area contributed by atoms with Crippen LogP contribution in [0.25, 0.3) is 0 Å². The summed E-state index contributed by atoms with van der Waals surface area (Å²) in [6.45, 7) is 4.14. The average molecular weight is 263 g/mol. The number of ether oxygens (including phenoxy) is 1. The van der Waals surface area contributed by atoms with E-state index in [1.165, 1.54) is 4.88 Å². The van der Waals surface area contributed by atoms with Crippen molar-refractivity contribution in [2.24, 2.45) is 5.84 Å². The second-order valence-electron chi connectivity index (χ2n) is 4.36. The van der Waals surface area contributed by atoms with Crippen molar-refractivity contribution in [3.8, 4) is 0 Å². The van der Waals surface area contributed by atoms with Crippen molar-refractivity contribution in [3.63, 3.8) is 0 Å². The molecule has 0 saturated carbocycles. The molecule has 3 N–H and O–H groups in total. The lowest BCUT2D eigenvalue weighted by atomic mass is 9.98. The maximum absolute atomic E-state index is 5.90. The Hall–Kier alpha value is -0.130. The Morgan fingerprint density at radius 3 is 2.69 bits per heavy atom. The van der Waals surface area contributed by atoms with Crippen molar-refractivity contribution in [2.75, 3.05) is 7.11 Å². The van der Waals surface area contributed by atoms with Crippen LogP contribution in [-0.4, -0.2) is 12.7 Å². The van der Waals surface area contributed by atoms with Crippen molar-refractivity contribution < 1.29 is 4.74 Å². The first-order chi connectivity index (χ1) is 7.48. The van der Waals surface area contributed by atoms with Crippen LogP contribution in [0.5, 0.6) is 0 Å². The van der Waals surface area contributed by atoms with Gasteiger partial charge in [-0.1, -0.05) is 11.6 Å². The first kappa shape index (κ1) is 13.9. The van der Waals surface area contributed by atoms with Crippen LogP contribution in [0.4, 0.5) is 0 Å². The monoisotopic (exact) mass is 262 g/mol. The minimum atomic E-state index is -0.115. The molecule has 1 aromatic heterocycles. The molecule has 0 aliphatic rings. The van der Waals surface area contributed by atoms with E-state index in [9.17, 15) is 0 Å². The Morgan fingerprint density at radius 1 is 1.56 bits per heavy atom. The third-order valence-corrected chi connectivity index (χ3v) is 4.07. The SMILES string of the molecule is COC(C)(C)CCC(NN)c1ccc(Cl)s1. The number of rotatable bonds is 6. The molecule has 1 atom stereocenters. The maximum Gasteiger partial charge on any atom is 0.0931 e. The molecule has 1 heterocycles. The van der Waals surface area contributed by atoms with Crippen molar-refractivity contribution in [1.29, 1.82) is 0 Å². The van der Waals surface area contributed by atoms with Gasteiger partial charge in [-0.05, 0) is 38.8 Å². The number of hydrogen-bond donors (Lipinski definition) is 2. The van der Waals surface area contributed by atoms with Gasteiger partial charge in [0.15, 0.2) is 0 Å². The lowest BCUT2D eigenvalue weighted by Gasteiger charge is -2.25. The molecule has 92 valence electrons. The van der Waals surface area contributed by atoms with Gasteiger partial charge in [0.1, 0.15) is 0 Å². The van der Waals surface area contributed by atoms with Crippen LogP contribution in [-0.2, 0) is 4.74 Å². The fourth-order valence-electron chi connectivity index (χ4n) is 1.42. The summed E-state index contributed by atoms with van der Waals surface area (Å²) in [7, 11) is 1.73. The van der Waals surface area contributed by atoms with Gasteiger partial charge in [0.05, 0.1) is 16.0 Å². The quantitative estimate of drug-likeness (QED) is 0.612. The number of nitrogens with two attached hydrogens (primary N) is 1. The van der Waals surface area contributed by atoms with Gasteiger partial charge in [0.2, 0.25) is 0 Å². The van der Waals surface area contributed by atoms with Crippen LogP contribution in [0.1, 0.15) is 37.6 Å². The zero-order valence-electron chi connectivity index (χ0n) is 9.92. The van der Waals surface area contributed by atoms with Crippen molar-refractivity contribution in [2.45, 2.75) is 38.3 Å². The van der Waals surface area contributed by atoms with Crippen LogP contribution in [0.15, 0.2) is 12.1 Å². The highest BCUT2D eigenvalue weighted by Gasteiger charge is 2.20. The third kappa shape index (κ3) is 4.03.